The predicted molar refractivity (Wildman–Crippen MR) is 68.3 cm³/mol. The molecule has 0 aliphatic heterocycles. The van der Waals surface area contributed by atoms with E-state index in [-0.39, 0.29) is 5.13 Å². The third kappa shape index (κ3) is 3.23. The molecule has 1 aromatic carbocycles. The zero-order chi connectivity index (χ0) is 15.7. The quantitative estimate of drug-likeness (QED) is 0.838. The van der Waals surface area contributed by atoms with Crippen LogP contribution < -0.4 is 10.1 Å². The van der Waals surface area contributed by atoms with E-state index < -0.39 is 17.8 Å². The number of rotatable bonds is 4. The third-order valence-electron chi connectivity index (χ3n) is 2.52. The molecule has 0 spiro atoms. The van der Waals surface area contributed by atoms with Gasteiger partial charge in [0.1, 0.15) is 11.4 Å². The summed E-state index contributed by atoms with van der Waals surface area (Å²) in [6.07, 6.45) is -5.67. The van der Waals surface area contributed by atoms with Crippen molar-refractivity contribution in [1.82, 2.24) is 4.98 Å². The Morgan fingerprint density at radius 3 is 2.24 bits per heavy atom. The second-order valence-corrected chi connectivity index (χ2v) is 4.82. The molecule has 0 aliphatic rings. The Labute approximate surface area is 120 Å². The van der Waals surface area contributed by atoms with E-state index in [1.165, 1.54) is 7.11 Å². The molecular formula is C12H9F5N2OS. The van der Waals surface area contributed by atoms with Gasteiger partial charge in [0.25, 0.3) is 0 Å². The molecule has 0 atom stereocenters. The monoisotopic (exact) mass is 324 g/mol. The van der Waals surface area contributed by atoms with Crippen LogP contribution in [0.4, 0.5) is 32.8 Å². The number of ether oxygens (including phenoxy) is 1. The average molecular weight is 324 g/mol. The Morgan fingerprint density at radius 2 is 1.71 bits per heavy atom. The van der Waals surface area contributed by atoms with Crippen LogP contribution in [-0.4, -0.2) is 18.3 Å². The van der Waals surface area contributed by atoms with Crippen LogP contribution >= 0.6 is 11.3 Å². The SMILES string of the molecule is COc1ccc(Nc2nc(C(F)(F)C(F)(F)F)cs2)cc1. The van der Waals surface area contributed by atoms with Crippen molar-refractivity contribution in [3.05, 3.63) is 35.3 Å². The Bertz CT molecular complexity index is 609. The molecule has 0 unspecified atom stereocenters. The topological polar surface area (TPSA) is 34.1 Å². The second kappa shape index (κ2) is 5.47. The van der Waals surface area contributed by atoms with Gasteiger partial charge in [-0.05, 0) is 24.3 Å². The van der Waals surface area contributed by atoms with E-state index in [1.807, 2.05) is 0 Å². The predicted octanol–water partition coefficient (Wildman–Crippen LogP) is 4.55. The van der Waals surface area contributed by atoms with Gasteiger partial charge >= 0.3 is 12.1 Å². The van der Waals surface area contributed by atoms with Gasteiger partial charge in [-0.3, -0.25) is 0 Å². The second-order valence-electron chi connectivity index (χ2n) is 3.96. The van der Waals surface area contributed by atoms with Gasteiger partial charge in [0.05, 0.1) is 7.11 Å². The van der Waals surface area contributed by atoms with Crippen molar-refractivity contribution in [2.24, 2.45) is 0 Å². The molecule has 1 heterocycles. The Balaban J connectivity index is 2.16. The Morgan fingerprint density at radius 1 is 1.10 bits per heavy atom. The molecule has 0 saturated carbocycles. The number of thiazole rings is 1. The summed E-state index contributed by atoms with van der Waals surface area (Å²) in [5.41, 5.74) is -0.831. The van der Waals surface area contributed by atoms with Crippen molar-refractivity contribution < 1.29 is 26.7 Å². The van der Waals surface area contributed by atoms with Crippen molar-refractivity contribution in [1.29, 1.82) is 0 Å². The maximum Gasteiger partial charge on any atom is 0.459 e. The Hall–Kier alpha value is -1.90. The minimum Gasteiger partial charge on any atom is -0.497 e. The van der Waals surface area contributed by atoms with Crippen LogP contribution in [0.25, 0.3) is 0 Å². The summed E-state index contributed by atoms with van der Waals surface area (Å²) in [4.78, 5) is 3.29. The summed E-state index contributed by atoms with van der Waals surface area (Å²) in [5.74, 6) is -4.38. The fourth-order valence-electron chi connectivity index (χ4n) is 1.42. The van der Waals surface area contributed by atoms with Gasteiger partial charge < -0.3 is 10.1 Å². The number of benzene rings is 1. The zero-order valence-corrected chi connectivity index (χ0v) is 11.4. The number of hydrogen-bond donors (Lipinski definition) is 1. The summed E-state index contributed by atoms with van der Waals surface area (Å²) in [6, 6.07) is 6.39. The average Bonchev–Trinajstić information content (AvgIpc) is 2.87. The van der Waals surface area contributed by atoms with Gasteiger partial charge in [0, 0.05) is 11.1 Å². The van der Waals surface area contributed by atoms with E-state index in [0.717, 1.165) is 0 Å². The molecule has 114 valence electrons. The molecule has 21 heavy (non-hydrogen) atoms. The summed E-state index contributed by atoms with van der Waals surface area (Å²) in [7, 11) is 1.48. The van der Waals surface area contributed by atoms with Crippen LogP contribution in [0.5, 0.6) is 5.75 Å². The van der Waals surface area contributed by atoms with Crippen molar-refractivity contribution >= 4 is 22.2 Å². The van der Waals surface area contributed by atoms with Crippen LogP contribution in [0.15, 0.2) is 29.6 Å². The minimum absolute atomic E-state index is 0.0564. The highest BCUT2D eigenvalue weighted by Gasteiger charge is 2.60. The third-order valence-corrected chi connectivity index (χ3v) is 3.28. The van der Waals surface area contributed by atoms with Crippen LogP contribution in [0.3, 0.4) is 0 Å². The lowest BCUT2D eigenvalue weighted by Gasteiger charge is -2.16. The van der Waals surface area contributed by atoms with E-state index in [1.54, 1.807) is 24.3 Å². The first-order valence-electron chi connectivity index (χ1n) is 5.55. The number of nitrogens with zero attached hydrogens (tertiary/aromatic N) is 1. The van der Waals surface area contributed by atoms with E-state index in [4.69, 9.17) is 4.74 Å². The first-order chi connectivity index (χ1) is 9.74. The van der Waals surface area contributed by atoms with Gasteiger partial charge in [-0.15, -0.1) is 11.3 Å². The molecule has 2 aromatic rings. The molecule has 1 N–H and O–H groups in total. The zero-order valence-electron chi connectivity index (χ0n) is 10.5. The van der Waals surface area contributed by atoms with E-state index in [0.29, 0.717) is 28.2 Å². The van der Waals surface area contributed by atoms with Crippen LogP contribution in [0.2, 0.25) is 0 Å². The van der Waals surface area contributed by atoms with Gasteiger partial charge in [-0.25, -0.2) is 4.98 Å². The standard InChI is InChI=1S/C12H9F5N2OS/c1-20-8-4-2-7(3-5-8)18-10-19-9(6-21-10)11(13,14)12(15,16)17/h2-6H,1H3,(H,18,19). The molecule has 0 saturated heterocycles. The first kappa shape index (κ1) is 15.5. The molecule has 0 bridgehead atoms. The van der Waals surface area contributed by atoms with Crippen LogP contribution in [0, 0.1) is 0 Å². The van der Waals surface area contributed by atoms with E-state index in [2.05, 4.69) is 10.3 Å². The summed E-state index contributed by atoms with van der Waals surface area (Å²) < 4.78 is 67.8. The highest BCUT2D eigenvalue weighted by atomic mass is 32.1. The maximum absolute atomic E-state index is 13.1. The number of hydrogen-bond acceptors (Lipinski definition) is 4. The highest BCUT2D eigenvalue weighted by Crippen LogP contribution is 2.44. The molecule has 1 aromatic heterocycles. The molecule has 0 amide bonds. The molecule has 0 aliphatic carbocycles. The minimum atomic E-state index is -5.67. The molecule has 0 radical (unpaired) electrons. The fraction of sp³-hybridized carbons (Fsp3) is 0.250. The maximum atomic E-state index is 13.1. The smallest absolute Gasteiger partial charge is 0.459 e. The van der Waals surface area contributed by atoms with Gasteiger partial charge in [0.15, 0.2) is 5.13 Å². The molecule has 9 heteroatoms. The number of halogens is 5. The van der Waals surface area contributed by atoms with Crippen molar-refractivity contribution in [2.45, 2.75) is 12.1 Å². The van der Waals surface area contributed by atoms with Crippen molar-refractivity contribution in [2.75, 3.05) is 12.4 Å². The van der Waals surface area contributed by atoms with Crippen LogP contribution in [0.1, 0.15) is 5.69 Å². The molecule has 0 fully saturated rings. The number of anilines is 2. The number of nitrogens with one attached hydrogen (secondary N) is 1. The number of aromatic nitrogens is 1. The lowest BCUT2D eigenvalue weighted by molar-refractivity contribution is -0.290. The number of alkyl halides is 5. The van der Waals surface area contributed by atoms with Crippen LogP contribution in [-0.2, 0) is 5.92 Å². The van der Waals surface area contributed by atoms with E-state index in [9.17, 15) is 22.0 Å². The number of methoxy groups -OCH3 is 1. The highest BCUT2D eigenvalue weighted by molar-refractivity contribution is 7.13. The molecular weight excluding hydrogens is 315 g/mol. The largest absolute Gasteiger partial charge is 0.497 e. The Kier molecular flexibility index (Phi) is 4.04. The van der Waals surface area contributed by atoms with Crippen molar-refractivity contribution in [3.8, 4) is 5.75 Å². The summed E-state index contributed by atoms with van der Waals surface area (Å²) in [5, 5.41) is 3.27. The lowest BCUT2D eigenvalue weighted by Crippen LogP contribution is -2.33. The summed E-state index contributed by atoms with van der Waals surface area (Å²) in [6.45, 7) is 0. The molecule has 3 nitrogen and oxygen atoms in total. The van der Waals surface area contributed by atoms with Crippen molar-refractivity contribution in [3.63, 3.8) is 0 Å². The normalized spacial score (nSPS) is 12.3. The molecule has 2 rings (SSSR count). The van der Waals surface area contributed by atoms with Gasteiger partial charge in [-0.2, -0.15) is 22.0 Å². The fourth-order valence-corrected chi connectivity index (χ4v) is 2.17. The summed E-state index contributed by atoms with van der Waals surface area (Å²) >= 11 is 0.664. The van der Waals surface area contributed by atoms with Gasteiger partial charge in [0.2, 0.25) is 0 Å². The van der Waals surface area contributed by atoms with Gasteiger partial charge in [-0.1, -0.05) is 0 Å². The lowest BCUT2D eigenvalue weighted by atomic mass is 10.2. The first-order valence-corrected chi connectivity index (χ1v) is 6.43. The van der Waals surface area contributed by atoms with E-state index >= 15 is 0 Å².